The lowest BCUT2D eigenvalue weighted by molar-refractivity contribution is -0.203. The zero-order valence-corrected chi connectivity index (χ0v) is 22.1. The number of anilines is 3. The average molecular weight is 529 g/mol. The lowest BCUT2D eigenvalue weighted by Gasteiger charge is -2.46. The summed E-state index contributed by atoms with van der Waals surface area (Å²) in [5.74, 6) is 0.378. The number of nitrogens with zero attached hydrogens (tertiary/aromatic N) is 6. The molecule has 1 fully saturated rings. The molecule has 0 bridgehead atoms. The largest absolute Gasteiger partial charge is 0.384 e. The molecule has 9 nitrogen and oxygen atoms in total. The highest BCUT2D eigenvalue weighted by molar-refractivity contribution is 5.77. The molecular weight excluding hydrogens is 494 g/mol. The molecule has 0 spiro atoms. The third-order valence-electron chi connectivity index (χ3n) is 7.57. The predicted octanol–water partition coefficient (Wildman–Crippen LogP) is 3.87. The third kappa shape index (κ3) is 5.87. The first kappa shape index (κ1) is 27.7. The molecule has 1 aromatic heterocycles. The van der Waals surface area contributed by atoms with Crippen molar-refractivity contribution in [2.75, 3.05) is 41.5 Å². The normalized spacial score (nSPS) is 23.3. The van der Waals surface area contributed by atoms with Crippen LogP contribution in [0.5, 0.6) is 0 Å². The number of benzene rings is 1. The van der Waals surface area contributed by atoms with Crippen molar-refractivity contribution in [3.05, 3.63) is 41.9 Å². The number of carbonyl (C=O) groups excluding carboxylic acids is 1. The first-order valence-corrected chi connectivity index (χ1v) is 12.6. The average Bonchev–Trinajstić information content (AvgIpc) is 3.17. The van der Waals surface area contributed by atoms with Crippen molar-refractivity contribution in [1.29, 1.82) is 5.26 Å². The van der Waals surface area contributed by atoms with Crippen LogP contribution in [0.4, 0.5) is 26.0 Å². The van der Waals surface area contributed by atoms with Crippen LogP contribution in [0.1, 0.15) is 51.3 Å². The van der Waals surface area contributed by atoms with E-state index < -0.39 is 23.7 Å². The molecule has 1 saturated carbocycles. The molecule has 0 saturated heterocycles. The van der Waals surface area contributed by atoms with Crippen LogP contribution in [0.3, 0.4) is 0 Å². The van der Waals surface area contributed by atoms with Crippen LogP contribution in [0.15, 0.2) is 30.6 Å². The van der Waals surface area contributed by atoms with Gasteiger partial charge in [0.25, 0.3) is 0 Å². The van der Waals surface area contributed by atoms with Crippen molar-refractivity contribution >= 4 is 23.6 Å². The summed E-state index contributed by atoms with van der Waals surface area (Å²) in [4.78, 5) is 26.2. The molecule has 11 heteroatoms. The van der Waals surface area contributed by atoms with Crippen LogP contribution in [-0.2, 0) is 15.1 Å². The maximum absolute atomic E-state index is 13.4. The Hall–Kier alpha value is -3.36. The van der Waals surface area contributed by atoms with Crippen molar-refractivity contribution in [2.24, 2.45) is 11.3 Å². The molecular formula is C27H34F2N6O3. The molecule has 204 valence electrons. The minimum atomic E-state index is -2.88. The molecule has 1 aromatic carbocycles. The highest BCUT2D eigenvalue weighted by Gasteiger charge is 2.45. The van der Waals surface area contributed by atoms with Gasteiger partial charge in [-0.25, -0.2) is 4.98 Å². The lowest BCUT2D eigenvalue weighted by Crippen LogP contribution is -2.50. The van der Waals surface area contributed by atoms with E-state index >= 15 is 0 Å². The molecule has 1 aliphatic carbocycles. The molecule has 4 rings (SSSR count). The molecule has 1 aliphatic heterocycles. The summed E-state index contributed by atoms with van der Waals surface area (Å²) in [6.45, 7) is 3.65. The number of aliphatic hydroxyl groups is 1. The number of fused-ring (bicyclic) bond motifs is 1. The summed E-state index contributed by atoms with van der Waals surface area (Å²) < 4.78 is 31.9. The fourth-order valence-corrected chi connectivity index (χ4v) is 5.71. The van der Waals surface area contributed by atoms with Crippen molar-refractivity contribution < 1.29 is 23.4 Å². The minimum Gasteiger partial charge on any atom is -0.384 e. The maximum atomic E-state index is 13.4. The number of aromatic nitrogens is 2. The number of alkyl halides is 2. The number of hydrogen-bond donors (Lipinski definition) is 1. The van der Waals surface area contributed by atoms with Crippen LogP contribution in [0.25, 0.3) is 0 Å². The van der Waals surface area contributed by atoms with Crippen molar-refractivity contribution in [1.82, 2.24) is 9.97 Å². The molecule has 2 aromatic rings. The molecule has 3 atom stereocenters. The second-order valence-corrected chi connectivity index (χ2v) is 11.1. The van der Waals surface area contributed by atoms with Gasteiger partial charge in [0, 0.05) is 25.6 Å². The first-order chi connectivity index (χ1) is 17.9. The van der Waals surface area contributed by atoms with Crippen molar-refractivity contribution in [3.8, 4) is 6.07 Å². The number of carbonyl (C=O) groups is 1. The molecule has 2 unspecified atom stereocenters. The smallest absolute Gasteiger partial charge is 0.345 e. The number of rotatable bonds is 9. The number of halogens is 2. The van der Waals surface area contributed by atoms with E-state index in [0.29, 0.717) is 62.5 Å². The van der Waals surface area contributed by atoms with Gasteiger partial charge in [0.05, 0.1) is 53.9 Å². The van der Waals surface area contributed by atoms with E-state index in [-0.39, 0.29) is 5.92 Å². The Morgan fingerprint density at radius 3 is 2.68 bits per heavy atom. The highest BCUT2D eigenvalue weighted by Crippen LogP contribution is 2.46. The standard InChI is InChI=1S/C27H34F2N6O3/c1-26(2,37)22-12-32-24(13-31-22)34(17-36)14-19-6-8-23(38-25(28)29)27(3,10-19)15-35-16-33(4)20-7-5-18(11-30)9-21(20)35/h5,7,9,12-13,17,19,23,25,37H,6,8,10,14-16H2,1-4H3/t19?,23?,27-/m0/s1. The van der Waals surface area contributed by atoms with Gasteiger partial charge in [-0.3, -0.25) is 14.7 Å². The maximum Gasteiger partial charge on any atom is 0.345 e. The van der Waals surface area contributed by atoms with E-state index in [4.69, 9.17) is 4.74 Å². The number of hydrogen-bond acceptors (Lipinski definition) is 8. The van der Waals surface area contributed by atoms with E-state index in [1.54, 1.807) is 19.9 Å². The Bertz CT molecular complexity index is 1180. The fraction of sp³-hybridized carbons (Fsp3) is 0.556. The summed E-state index contributed by atoms with van der Waals surface area (Å²) in [6.07, 6.45) is 4.52. The number of nitriles is 1. The topological polar surface area (TPSA) is 106 Å². The van der Waals surface area contributed by atoms with Crippen molar-refractivity contribution in [2.45, 2.75) is 58.4 Å². The summed E-state index contributed by atoms with van der Waals surface area (Å²) in [5.41, 5.74) is 0.997. The van der Waals surface area contributed by atoms with Crippen LogP contribution < -0.4 is 14.7 Å². The second kappa shape index (κ2) is 10.8. The van der Waals surface area contributed by atoms with E-state index in [1.165, 1.54) is 17.3 Å². The van der Waals surface area contributed by atoms with Gasteiger partial charge in [0.2, 0.25) is 6.41 Å². The van der Waals surface area contributed by atoms with Gasteiger partial charge in [0.15, 0.2) is 5.82 Å². The molecule has 0 radical (unpaired) electrons. The molecule has 38 heavy (non-hydrogen) atoms. The van der Waals surface area contributed by atoms with Gasteiger partial charge >= 0.3 is 6.61 Å². The van der Waals surface area contributed by atoms with Crippen molar-refractivity contribution in [3.63, 3.8) is 0 Å². The fourth-order valence-electron chi connectivity index (χ4n) is 5.71. The zero-order chi connectivity index (χ0) is 27.7. The van der Waals surface area contributed by atoms with Gasteiger partial charge < -0.3 is 19.6 Å². The quantitative estimate of drug-likeness (QED) is 0.489. The summed E-state index contributed by atoms with van der Waals surface area (Å²) in [7, 11) is 1.95. The highest BCUT2D eigenvalue weighted by atomic mass is 19.3. The molecule has 1 amide bonds. The monoisotopic (exact) mass is 528 g/mol. The molecule has 2 aliphatic rings. The SMILES string of the molecule is CN1CN(C[C@]2(C)CC(CN(C=O)c3cnc(C(C)(C)O)cn3)CCC2OC(F)F)c2cc(C#N)ccc21. The summed E-state index contributed by atoms with van der Waals surface area (Å²) in [5, 5.41) is 19.5. The van der Waals surface area contributed by atoms with E-state index in [2.05, 4.69) is 25.8 Å². The number of amides is 1. The molecule has 1 N–H and O–H groups in total. The first-order valence-electron chi connectivity index (χ1n) is 12.6. The summed E-state index contributed by atoms with van der Waals surface area (Å²) in [6, 6.07) is 7.67. The van der Waals surface area contributed by atoms with Crippen LogP contribution >= 0.6 is 0 Å². The van der Waals surface area contributed by atoms with Crippen LogP contribution in [-0.4, -0.2) is 61.0 Å². The van der Waals surface area contributed by atoms with E-state index in [1.807, 2.05) is 26.1 Å². The minimum absolute atomic E-state index is 0.0173. The van der Waals surface area contributed by atoms with E-state index in [9.17, 15) is 23.9 Å². The Morgan fingerprint density at radius 1 is 1.32 bits per heavy atom. The molecule has 2 heterocycles. The van der Waals surface area contributed by atoms with Gasteiger partial charge in [-0.1, -0.05) is 6.92 Å². The Labute approximate surface area is 221 Å². The van der Waals surface area contributed by atoms with Crippen LogP contribution in [0.2, 0.25) is 0 Å². The van der Waals surface area contributed by atoms with Gasteiger partial charge in [-0.2, -0.15) is 14.0 Å². The van der Waals surface area contributed by atoms with Gasteiger partial charge in [-0.05, 0) is 57.2 Å². The van der Waals surface area contributed by atoms with Gasteiger partial charge in [0.1, 0.15) is 5.60 Å². The Balaban J connectivity index is 1.54. The Kier molecular flexibility index (Phi) is 7.85. The second-order valence-electron chi connectivity index (χ2n) is 11.1. The Morgan fingerprint density at radius 2 is 2.08 bits per heavy atom. The third-order valence-corrected chi connectivity index (χ3v) is 7.57. The zero-order valence-electron chi connectivity index (χ0n) is 22.1. The predicted molar refractivity (Wildman–Crippen MR) is 139 cm³/mol. The van der Waals surface area contributed by atoms with E-state index in [0.717, 1.165) is 11.4 Å². The van der Waals surface area contributed by atoms with Crippen LogP contribution in [0, 0.1) is 22.7 Å². The summed E-state index contributed by atoms with van der Waals surface area (Å²) >= 11 is 0. The van der Waals surface area contributed by atoms with Gasteiger partial charge in [-0.15, -0.1) is 0 Å². The lowest BCUT2D eigenvalue weighted by atomic mass is 9.68. The number of ether oxygens (including phenoxy) is 1.